The van der Waals surface area contributed by atoms with Crippen LogP contribution in [0.4, 0.5) is 0 Å². The number of nitrogens with zero attached hydrogens (tertiary/aromatic N) is 2. The van der Waals surface area contributed by atoms with Gasteiger partial charge in [-0.15, -0.1) is 6.58 Å². The Morgan fingerprint density at radius 3 is 2.78 bits per heavy atom. The molecular weight excluding hydrogens is 228 g/mol. The van der Waals surface area contributed by atoms with Gasteiger partial charge in [0.15, 0.2) is 0 Å². The molecule has 0 aromatic carbocycles. The van der Waals surface area contributed by atoms with Crippen LogP contribution in [-0.2, 0) is 9.53 Å². The first-order valence-corrected chi connectivity index (χ1v) is 6.84. The van der Waals surface area contributed by atoms with Gasteiger partial charge in [0.1, 0.15) is 6.61 Å². The second-order valence-electron chi connectivity index (χ2n) is 5.41. The van der Waals surface area contributed by atoms with Crippen molar-refractivity contribution in [3.63, 3.8) is 0 Å². The van der Waals surface area contributed by atoms with Gasteiger partial charge in [-0.25, -0.2) is 0 Å². The number of piperidine rings is 1. The summed E-state index contributed by atoms with van der Waals surface area (Å²) in [6.07, 6.45) is 6.72. The highest BCUT2D eigenvalue weighted by atomic mass is 16.5. The van der Waals surface area contributed by atoms with Gasteiger partial charge in [0.25, 0.3) is 0 Å². The van der Waals surface area contributed by atoms with E-state index in [0.29, 0.717) is 0 Å². The largest absolute Gasteiger partial charge is 0.375 e. The number of carbonyl (C=O) groups is 1. The summed E-state index contributed by atoms with van der Waals surface area (Å²) in [5, 5.41) is 0. The van der Waals surface area contributed by atoms with Gasteiger partial charge in [0.05, 0.1) is 0 Å². The highest BCUT2D eigenvalue weighted by Crippen LogP contribution is 2.36. The van der Waals surface area contributed by atoms with Crippen LogP contribution in [0.25, 0.3) is 0 Å². The van der Waals surface area contributed by atoms with Gasteiger partial charge in [-0.05, 0) is 32.2 Å². The minimum Gasteiger partial charge on any atom is -0.375 e. The van der Waals surface area contributed by atoms with Crippen LogP contribution in [0, 0.1) is 0 Å². The van der Waals surface area contributed by atoms with Crippen molar-refractivity contribution < 1.29 is 9.53 Å². The first-order valence-electron chi connectivity index (χ1n) is 6.84. The van der Waals surface area contributed by atoms with E-state index in [1.807, 2.05) is 11.0 Å². The molecule has 1 atom stereocenters. The van der Waals surface area contributed by atoms with Gasteiger partial charge in [-0.3, -0.25) is 9.69 Å². The summed E-state index contributed by atoms with van der Waals surface area (Å²) in [4.78, 5) is 16.5. The first kappa shape index (κ1) is 13.6. The van der Waals surface area contributed by atoms with Gasteiger partial charge in [-0.2, -0.15) is 0 Å². The molecule has 2 heterocycles. The fourth-order valence-corrected chi connectivity index (χ4v) is 3.44. The number of hydrogen-bond acceptors (Lipinski definition) is 3. The molecule has 2 saturated heterocycles. The lowest BCUT2D eigenvalue weighted by atomic mass is 9.86. The van der Waals surface area contributed by atoms with Crippen molar-refractivity contribution in [1.82, 2.24) is 9.80 Å². The maximum atomic E-state index is 12.0. The lowest BCUT2D eigenvalue weighted by Crippen LogP contribution is -2.57. The van der Waals surface area contributed by atoms with Gasteiger partial charge in [0, 0.05) is 32.3 Å². The van der Waals surface area contributed by atoms with E-state index in [1.165, 1.54) is 19.3 Å². The van der Waals surface area contributed by atoms with Gasteiger partial charge in [-0.1, -0.05) is 6.08 Å². The number of hydrogen-bond donors (Lipinski definition) is 0. The zero-order valence-corrected chi connectivity index (χ0v) is 11.4. The molecule has 18 heavy (non-hydrogen) atoms. The number of ether oxygens (including phenoxy) is 1. The normalized spacial score (nSPS) is 28.8. The standard InChI is InChI=1S/C14H24N2O2/c1-3-8-16-10-5-7-14(16)6-4-9-15(12-14)13(17)11-18-2/h3H,1,4-12H2,2H3. The molecular formula is C14H24N2O2. The Bertz CT molecular complexity index is 319. The number of methoxy groups -OCH3 is 1. The summed E-state index contributed by atoms with van der Waals surface area (Å²) in [5.41, 5.74) is 0.204. The number of likely N-dealkylation sites (tertiary alicyclic amines) is 2. The molecule has 2 aliphatic heterocycles. The zero-order chi connectivity index (χ0) is 13.0. The monoisotopic (exact) mass is 252 g/mol. The van der Waals surface area contributed by atoms with Crippen LogP contribution < -0.4 is 0 Å². The minimum absolute atomic E-state index is 0.127. The molecule has 0 aliphatic carbocycles. The van der Waals surface area contributed by atoms with E-state index in [9.17, 15) is 4.79 Å². The van der Waals surface area contributed by atoms with E-state index in [1.54, 1.807) is 7.11 Å². The second-order valence-corrected chi connectivity index (χ2v) is 5.41. The van der Waals surface area contributed by atoms with Crippen molar-refractivity contribution in [3.05, 3.63) is 12.7 Å². The maximum absolute atomic E-state index is 12.0. The topological polar surface area (TPSA) is 32.8 Å². The molecule has 2 rings (SSSR count). The predicted octanol–water partition coefficient (Wildman–Crippen LogP) is 1.28. The van der Waals surface area contributed by atoms with Crippen LogP contribution >= 0.6 is 0 Å². The second kappa shape index (κ2) is 5.85. The molecule has 0 aromatic heterocycles. The highest BCUT2D eigenvalue weighted by molar-refractivity contribution is 5.77. The number of rotatable bonds is 4. The molecule has 2 aliphatic rings. The van der Waals surface area contributed by atoms with Crippen LogP contribution in [0.3, 0.4) is 0 Å². The molecule has 0 N–H and O–H groups in total. The Balaban J connectivity index is 2.04. The van der Waals surface area contributed by atoms with E-state index in [-0.39, 0.29) is 18.1 Å². The Labute approximate surface area is 110 Å². The molecule has 0 aromatic rings. The third-order valence-corrected chi connectivity index (χ3v) is 4.27. The zero-order valence-electron chi connectivity index (χ0n) is 11.4. The average molecular weight is 252 g/mol. The molecule has 4 nitrogen and oxygen atoms in total. The molecule has 0 bridgehead atoms. The van der Waals surface area contributed by atoms with Crippen LogP contribution in [-0.4, -0.2) is 61.1 Å². The number of amides is 1. The minimum atomic E-state index is 0.127. The van der Waals surface area contributed by atoms with Crippen molar-refractivity contribution in [2.45, 2.75) is 31.2 Å². The smallest absolute Gasteiger partial charge is 0.248 e. The predicted molar refractivity (Wildman–Crippen MR) is 71.4 cm³/mol. The Kier molecular flexibility index (Phi) is 4.40. The Morgan fingerprint density at radius 2 is 2.11 bits per heavy atom. The highest BCUT2D eigenvalue weighted by Gasteiger charge is 2.44. The summed E-state index contributed by atoms with van der Waals surface area (Å²) >= 11 is 0. The summed E-state index contributed by atoms with van der Waals surface area (Å²) < 4.78 is 4.96. The van der Waals surface area contributed by atoms with Crippen LogP contribution in [0.1, 0.15) is 25.7 Å². The van der Waals surface area contributed by atoms with Crippen molar-refractivity contribution in [2.75, 3.05) is 39.9 Å². The van der Waals surface area contributed by atoms with Gasteiger partial charge >= 0.3 is 0 Å². The van der Waals surface area contributed by atoms with E-state index in [0.717, 1.165) is 32.6 Å². The summed E-state index contributed by atoms with van der Waals surface area (Å²) in [5.74, 6) is 0.127. The first-order chi connectivity index (χ1) is 8.72. The fourth-order valence-electron chi connectivity index (χ4n) is 3.44. The van der Waals surface area contributed by atoms with Crippen LogP contribution in [0.2, 0.25) is 0 Å². The van der Waals surface area contributed by atoms with Crippen LogP contribution in [0.15, 0.2) is 12.7 Å². The molecule has 1 spiro atoms. The van der Waals surface area contributed by atoms with Crippen LogP contribution in [0.5, 0.6) is 0 Å². The molecule has 1 amide bonds. The summed E-state index contributed by atoms with van der Waals surface area (Å²) in [6, 6.07) is 0. The lowest BCUT2D eigenvalue weighted by Gasteiger charge is -2.45. The lowest BCUT2D eigenvalue weighted by molar-refractivity contribution is -0.138. The van der Waals surface area contributed by atoms with Gasteiger partial charge < -0.3 is 9.64 Å². The SMILES string of the molecule is C=CCN1CCCC12CCCN(C(=O)COC)C2. The molecule has 1 unspecified atom stereocenters. The van der Waals surface area contributed by atoms with Crippen molar-refractivity contribution >= 4 is 5.91 Å². The summed E-state index contributed by atoms with van der Waals surface area (Å²) in [6.45, 7) is 7.87. The fraction of sp³-hybridized carbons (Fsp3) is 0.786. The van der Waals surface area contributed by atoms with Gasteiger partial charge in [0.2, 0.25) is 5.91 Å². The van der Waals surface area contributed by atoms with E-state index < -0.39 is 0 Å². The average Bonchev–Trinajstić information content (AvgIpc) is 2.73. The van der Waals surface area contributed by atoms with Crippen molar-refractivity contribution in [1.29, 1.82) is 0 Å². The van der Waals surface area contributed by atoms with E-state index >= 15 is 0 Å². The quantitative estimate of drug-likeness (QED) is 0.707. The van der Waals surface area contributed by atoms with E-state index in [2.05, 4.69) is 11.5 Å². The molecule has 102 valence electrons. The molecule has 0 saturated carbocycles. The summed E-state index contributed by atoms with van der Waals surface area (Å²) in [7, 11) is 1.58. The Hall–Kier alpha value is -0.870. The molecule has 4 heteroatoms. The third-order valence-electron chi connectivity index (χ3n) is 4.27. The Morgan fingerprint density at radius 1 is 1.39 bits per heavy atom. The number of carbonyl (C=O) groups excluding carboxylic acids is 1. The third kappa shape index (κ3) is 2.59. The van der Waals surface area contributed by atoms with E-state index in [4.69, 9.17) is 4.74 Å². The molecule has 0 radical (unpaired) electrons. The van der Waals surface area contributed by atoms with Crippen molar-refractivity contribution in [2.24, 2.45) is 0 Å². The molecule has 2 fully saturated rings. The van der Waals surface area contributed by atoms with Crippen molar-refractivity contribution in [3.8, 4) is 0 Å². The maximum Gasteiger partial charge on any atom is 0.248 e.